The highest BCUT2D eigenvalue weighted by Crippen LogP contribution is 2.15. The first-order valence-corrected chi connectivity index (χ1v) is 8.63. The summed E-state index contributed by atoms with van der Waals surface area (Å²) in [7, 11) is -3.20. The zero-order valence-corrected chi connectivity index (χ0v) is 12.7. The monoisotopic (exact) mass is 310 g/mol. The first-order valence-electron chi connectivity index (χ1n) is 5.85. The minimum absolute atomic E-state index is 0.175. The van der Waals surface area contributed by atoms with Gasteiger partial charge in [0.25, 0.3) is 0 Å². The van der Waals surface area contributed by atoms with Gasteiger partial charge in [-0.1, -0.05) is 12.1 Å². The molecule has 0 aliphatic rings. The van der Waals surface area contributed by atoms with Crippen LogP contribution in [0.25, 0.3) is 0 Å². The number of rotatable bonds is 4. The smallest absolute Gasteiger partial charge is 0.230 e. The van der Waals surface area contributed by atoms with Crippen LogP contribution in [0.15, 0.2) is 34.5 Å². The molecule has 7 heteroatoms. The van der Waals surface area contributed by atoms with E-state index in [1.165, 1.54) is 23.5 Å². The number of benzene rings is 1. The standard InChI is InChI=1S/C13H14N2O3S2/c1-9-8-19-13(14-9)15-12(16)7-10-3-5-11(6-4-10)20(2,17)18/h3-6,8H,7H2,1-2H3,(H,14,15,16). The number of aryl methyl sites for hydroxylation is 1. The molecule has 1 heterocycles. The molecule has 0 saturated carbocycles. The van der Waals surface area contributed by atoms with E-state index >= 15 is 0 Å². The fraction of sp³-hybridized carbons (Fsp3) is 0.231. The van der Waals surface area contributed by atoms with E-state index in [4.69, 9.17) is 0 Å². The molecule has 1 aromatic heterocycles. The summed E-state index contributed by atoms with van der Waals surface area (Å²) in [5.41, 5.74) is 1.62. The number of carbonyl (C=O) groups is 1. The van der Waals surface area contributed by atoms with Crippen LogP contribution < -0.4 is 5.32 Å². The fourth-order valence-corrected chi connectivity index (χ4v) is 2.95. The van der Waals surface area contributed by atoms with Gasteiger partial charge in [-0.05, 0) is 24.6 Å². The molecule has 0 unspecified atom stereocenters. The maximum absolute atomic E-state index is 11.8. The van der Waals surface area contributed by atoms with E-state index in [1.807, 2.05) is 12.3 Å². The zero-order valence-electron chi connectivity index (χ0n) is 11.1. The minimum Gasteiger partial charge on any atom is -0.302 e. The number of aromatic nitrogens is 1. The fourth-order valence-electron chi connectivity index (χ4n) is 1.61. The first kappa shape index (κ1) is 14.7. The summed E-state index contributed by atoms with van der Waals surface area (Å²) >= 11 is 1.37. The number of sulfone groups is 1. The lowest BCUT2D eigenvalue weighted by molar-refractivity contribution is -0.115. The SMILES string of the molecule is Cc1csc(NC(=O)Cc2ccc(S(C)(=O)=O)cc2)n1. The third-order valence-corrected chi connectivity index (χ3v) is 4.59. The van der Waals surface area contributed by atoms with Crippen molar-refractivity contribution in [3.8, 4) is 0 Å². The third-order valence-electron chi connectivity index (χ3n) is 2.58. The highest BCUT2D eigenvalue weighted by atomic mass is 32.2. The Morgan fingerprint density at radius 1 is 1.30 bits per heavy atom. The van der Waals surface area contributed by atoms with Crippen molar-refractivity contribution in [2.24, 2.45) is 0 Å². The summed E-state index contributed by atoms with van der Waals surface area (Å²) in [6, 6.07) is 6.29. The van der Waals surface area contributed by atoms with Crippen molar-refractivity contribution in [2.75, 3.05) is 11.6 Å². The van der Waals surface area contributed by atoms with Gasteiger partial charge in [-0.15, -0.1) is 11.3 Å². The van der Waals surface area contributed by atoms with Crippen molar-refractivity contribution < 1.29 is 13.2 Å². The molecule has 106 valence electrons. The topological polar surface area (TPSA) is 76.1 Å². The average molecular weight is 310 g/mol. The Labute approximate surface area is 121 Å². The van der Waals surface area contributed by atoms with Gasteiger partial charge in [-0.25, -0.2) is 13.4 Å². The summed E-state index contributed by atoms with van der Waals surface area (Å²) in [6.45, 7) is 1.86. The maximum Gasteiger partial charge on any atom is 0.230 e. The predicted molar refractivity (Wildman–Crippen MR) is 78.7 cm³/mol. The Kier molecular flexibility index (Phi) is 4.20. The Hall–Kier alpha value is -1.73. The largest absolute Gasteiger partial charge is 0.302 e. The third kappa shape index (κ3) is 3.88. The molecule has 2 aromatic rings. The van der Waals surface area contributed by atoms with Gasteiger partial charge >= 0.3 is 0 Å². The summed E-state index contributed by atoms with van der Waals surface area (Å²) < 4.78 is 22.6. The summed E-state index contributed by atoms with van der Waals surface area (Å²) in [6.07, 6.45) is 1.34. The molecule has 1 amide bonds. The second-order valence-electron chi connectivity index (χ2n) is 4.44. The van der Waals surface area contributed by atoms with Crippen molar-refractivity contribution in [3.63, 3.8) is 0 Å². The van der Waals surface area contributed by atoms with E-state index in [-0.39, 0.29) is 17.2 Å². The van der Waals surface area contributed by atoms with Gasteiger partial charge in [0.05, 0.1) is 17.0 Å². The van der Waals surface area contributed by atoms with Crippen molar-refractivity contribution in [3.05, 3.63) is 40.9 Å². The van der Waals surface area contributed by atoms with Gasteiger partial charge < -0.3 is 5.32 Å². The van der Waals surface area contributed by atoms with Crippen molar-refractivity contribution >= 4 is 32.2 Å². The lowest BCUT2D eigenvalue weighted by Gasteiger charge is -2.03. The van der Waals surface area contributed by atoms with Crippen LogP contribution in [0.2, 0.25) is 0 Å². The van der Waals surface area contributed by atoms with Crippen LogP contribution in [0.4, 0.5) is 5.13 Å². The molecule has 1 N–H and O–H groups in total. The second-order valence-corrected chi connectivity index (χ2v) is 7.31. The lowest BCUT2D eigenvalue weighted by atomic mass is 10.1. The molecular weight excluding hydrogens is 296 g/mol. The van der Waals surface area contributed by atoms with Crippen LogP contribution in [0, 0.1) is 6.92 Å². The number of hydrogen-bond donors (Lipinski definition) is 1. The van der Waals surface area contributed by atoms with Crippen molar-refractivity contribution in [2.45, 2.75) is 18.2 Å². The van der Waals surface area contributed by atoms with Crippen molar-refractivity contribution in [1.82, 2.24) is 4.98 Å². The summed E-state index contributed by atoms with van der Waals surface area (Å²) in [5.74, 6) is -0.175. The number of hydrogen-bond acceptors (Lipinski definition) is 5. The normalized spacial score (nSPS) is 11.3. The highest BCUT2D eigenvalue weighted by Gasteiger charge is 2.09. The van der Waals surface area contributed by atoms with Crippen LogP contribution >= 0.6 is 11.3 Å². The molecule has 0 saturated heterocycles. The number of nitrogens with one attached hydrogen (secondary N) is 1. The van der Waals surface area contributed by atoms with Crippen LogP contribution in [-0.2, 0) is 21.1 Å². The van der Waals surface area contributed by atoms with E-state index in [1.54, 1.807) is 12.1 Å². The molecule has 0 fully saturated rings. The summed E-state index contributed by atoms with van der Waals surface area (Å²) in [5, 5.41) is 5.13. The highest BCUT2D eigenvalue weighted by molar-refractivity contribution is 7.90. The first-order chi connectivity index (χ1) is 9.34. The van der Waals surface area contributed by atoms with Gasteiger partial charge in [0.15, 0.2) is 15.0 Å². The number of amides is 1. The molecule has 0 aliphatic carbocycles. The molecule has 0 aliphatic heterocycles. The Morgan fingerprint density at radius 3 is 2.45 bits per heavy atom. The van der Waals surface area contributed by atoms with Crippen molar-refractivity contribution in [1.29, 1.82) is 0 Å². The van der Waals surface area contributed by atoms with Crippen LogP contribution in [0.5, 0.6) is 0 Å². The van der Waals surface area contributed by atoms with Gasteiger partial charge in [-0.2, -0.15) is 0 Å². The summed E-state index contributed by atoms with van der Waals surface area (Å²) in [4.78, 5) is 16.2. The molecule has 2 rings (SSSR count). The lowest BCUT2D eigenvalue weighted by Crippen LogP contribution is -2.14. The molecule has 20 heavy (non-hydrogen) atoms. The molecule has 5 nitrogen and oxygen atoms in total. The van der Waals surface area contributed by atoms with Crippen LogP contribution in [-0.4, -0.2) is 25.6 Å². The Bertz CT molecular complexity index is 718. The van der Waals surface area contributed by atoms with Crippen LogP contribution in [0.3, 0.4) is 0 Å². The number of anilines is 1. The Morgan fingerprint density at radius 2 is 1.95 bits per heavy atom. The quantitative estimate of drug-likeness (QED) is 0.937. The minimum atomic E-state index is -3.20. The molecule has 0 atom stereocenters. The van der Waals surface area contributed by atoms with E-state index in [0.29, 0.717) is 5.13 Å². The average Bonchev–Trinajstić information content (AvgIpc) is 2.74. The van der Waals surface area contributed by atoms with Gasteiger partial charge in [-0.3, -0.25) is 4.79 Å². The molecule has 0 bridgehead atoms. The van der Waals surface area contributed by atoms with Gasteiger partial charge in [0, 0.05) is 11.6 Å². The number of carbonyl (C=O) groups excluding carboxylic acids is 1. The van der Waals surface area contributed by atoms with E-state index in [0.717, 1.165) is 17.5 Å². The molecule has 1 aromatic carbocycles. The van der Waals surface area contributed by atoms with E-state index in [9.17, 15) is 13.2 Å². The Balaban J connectivity index is 2.01. The maximum atomic E-state index is 11.8. The molecule has 0 spiro atoms. The van der Waals surface area contributed by atoms with Gasteiger partial charge in [0.2, 0.25) is 5.91 Å². The molecule has 0 radical (unpaired) electrons. The van der Waals surface area contributed by atoms with Gasteiger partial charge in [0.1, 0.15) is 0 Å². The predicted octanol–water partition coefficient (Wildman–Crippen LogP) is 2.04. The second kappa shape index (κ2) is 5.72. The van der Waals surface area contributed by atoms with Crippen LogP contribution in [0.1, 0.15) is 11.3 Å². The molecular formula is C13H14N2O3S2. The van der Waals surface area contributed by atoms with E-state index < -0.39 is 9.84 Å². The number of thiazole rings is 1. The number of nitrogens with zero attached hydrogens (tertiary/aromatic N) is 1. The zero-order chi connectivity index (χ0) is 14.8. The van der Waals surface area contributed by atoms with E-state index in [2.05, 4.69) is 10.3 Å².